The maximum atomic E-state index is 13.4. The van der Waals surface area contributed by atoms with E-state index in [1.807, 2.05) is 24.3 Å². The predicted octanol–water partition coefficient (Wildman–Crippen LogP) is 5.19. The van der Waals surface area contributed by atoms with Crippen molar-refractivity contribution in [1.82, 2.24) is 4.90 Å². The van der Waals surface area contributed by atoms with Crippen LogP contribution in [-0.2, 0) is 17.6 Å². The number of thiophene rings is 1. The molecular weight excluding hydrogens is 434 g/mol. The summed E-state index contributed by atoms with van der Waals surface area (Å²) in [6.45, 7) is 9.16. The minimum absolute atomic E-state index is 0.0404. The van der Waals surface area contributed by atoms with Crippen LogP contribution in [0.2, 0.25) is 0 Å². The van der Waals surface area contributed by atoms with E-state index in [1.165, 1.54) is 4.88 Å². The zero-order chi connectivity index (χ0) is 23.6. The third-order valence-electron chi connectivity index (χ3n) is 6.88. The summed E-state index contributed by atoms with van der Waals surface area (Å²) in [6.07, 6.45) is 5.15. The van der Waals surface area contributed by atoms with E-state index in [0.717, 1.165) is 56.5 Å². The van der Waals surface area contributed by atoms with Crippen LogP contribution in [0, 0.1) is 11.3 Å². The van der Waals surface area contributed by atoms with Gasteiger partial charge in [0.1, 0.15) is 10.8 Å². The molecule has 1 unspecified atom stereocenters. The first kappa shape index (κ1) is 23.8. The number of amides is 2. The molecule has 1 aliphatic heterocycles. The molecule has 2 aliphatic rings. The lowest BCUT2D eigenvalue weighted by atomic mass is 9.72. The highest BCUT2D eigenvalue weighted by atomic mass is 32.1. The van der Waals surface area contributed by atoms with Gasteiger partial charge in [-0.2, -0.15) is 0 Å². The van der Waals surface area contributed by atoms with Crippen LogP contribution in [0.25, 0.3) is 0 Å². The van der Waals surface area contributed by atoms with Crippen molar-refractivity contribution in [3.8, 4) is 5.75 Å². The van der Waals surface area contributed by atoms with Gasteiger partial charge in [0.05, 0.1) is 19.2 Å². The molecule has 6 nitrogen and oxygen atoms in total. The fraction of sp³-hybridized carbons (Fsp3) is 0.538. The number of ether oxygens (including phenoxy) is 1. The Morgan fingerprint density at radius 3 is 2.45 bits per heavy atom. The maximum absolute atomic E-state index is 13.4. The number of carbonyl (C=O) groups excluding carboxylic acids is 2. The third kappa shape index (κ3) is 5.58. The lowest BCUT2D eigenvalue weighted by Crippen LogP contribution is -2.31. The van der Waals surface area contributed by atoms with E-state index in [9.17, 15) is 9.59 Å². The summed E-state index contributed by atoms with van der Waals surface area (Å²) in [5.74, 6) is 1.10. The van der Waals surface area contributed by atoms with Crippen LogP contribution in [0.1, 0.15) is 60.8 Å². The molecule has 4 rings (SSSR count). The van der Waals surface area contributed by atoms with Crippen molar-refractivity contribution in [2.45, 2.75) is 52.9 Å². The maximum Gasteiger partial charge on any atom is 0.258 e. The van der Waals surface area contributed by atoms with Crippen molar-refractivity contribution in [3.63, 3.8) is 0 Å². The van der Waals surface area contributed by atoms with Crippen LogP contribution in [0.4, 0.5) is 10.7 Å². The van der Waals surface area contributed by atoms with E-state index in [1.54, 1.807) is 18.4 Å². The van der Waals surface area contributed by atoms with Gasteiger partial charge in [-0.25, -0.2) is 0 Å². The largest absolute Gasteiger partial charge is 0.497 e. The Labute approximate surface area is 200 Å². The summed E-state index contributed by atoms with van der Waals surface area (Å²) in [4.78, 5) is 29.7. The Morgan fingerprint density at radius 1 is 1.12 bits per heavy atom. The molecule has 7 heteroatoms. The molecule has 2 N–H and O–H groups in total. The highest BCUT2D eigenvalue weighted by Crippen LogP contribution is 2.44. The van der Waals surface area contributed by atoms with E-state index >= 15 is 0 Å². The molecule has 2 heterocycles. The molecule has 33 heavy (non-hydrogen) atoms. The predicted molar refractivity (Wildman–Crippen MR) is 135 cm³/mol. The van der Waals surface area contributed by atoms with Crippen LogP contribution in [-0.4, -0.2) is 43.5 Å². The number of carbonyl (C=O) groups is 2. The standard InChI is InChI=1S/C26H35N3O3S/c1-26(2,3)17-7-12-20-21(15-17)33-25(28-22(30)16-29-13-5-6-14-29)23(20)24(31)27-18-8-10-19(32-4)11-9-18/h8-11,17H,5-7,12-16H2,1-4H3,(H,27,31)(H,28,30). The van der Waals surface area contributed by atoms with Crippen molar-refractivity contribution >= 4 is 33.8 Å². The number of likely N-dealkylation sites (tertiary alicyclic amines) is 1. The van der Waals surface area contributed by atoms with Crippen molar-refractivity contribution in [3.05, 3.63) is 40.3 Å². The van der Waals surface area contributed by atoms with Gasteiger partial charge in [0.25, 0.3) is 5.91 Å². The fourth-order valence-corrected chi connectivity index (χ4v) is 6.17. The van der Waals surface area contributed by atoms with Crippen molar-refractivity contribution in [2.75, 3.05) is 37.4 Å². The van der Waals surface area contributed by atoms with E-state index < -0.39 is 0 Å². The van der Waals surface area contributed by atoms with Crippen molar-refractivity contribution < 1.29 is 14.3 Å². The average molecular weight is 470 g/mol. The SMILES string of the molecule is COc1ccc(NC(=O)c2c(NC(=O)CN3CCCC3)sc3c2CCC(C(C)(C)C)C3)cc1. The molecule has 0 saturated carbocycles. The van der Waals surface area contributed by atoms with Crippen LogP contribution in [0.15, 0.2) is 24.3 Å². The fourth-order valence-electron chi connectivity index (χ4n) is 4.83. The lowest BCUT2D eigenvalue weighted by molar-refractivity contribution is -0.117. The Kier molecular flexibility index (Phi) is 7.10. The highest BCUT2D eigenvalue weighted by Gasteiger charge is 2.34. The minimum atomic E-state index is -0.164. The van der Waals surface area contributed by atoms with Gasteiger partial charge in [-0.15, -0.1) is 11.3 Å². The summed E-state index contributed by atoms with van der Waals surface area (Å²) < 4.78 is 5.21. The molecule has 1 saturated heterocycles. The van der Waals surface area contributed by atoms with Crippen LogP contribution in [0.3, 0.4) is 0 Å². The summed E-state index contributed by atoms with van der Waals surface area (Å²) in [5, 5.41) is 6.80. The number of nitrogens with one attached hydrogen (secondary N) is 2. The highest BCUT2D eigenvalue weighted by molar-refractivity contribution is 7.17. The van der Waals surface area contributed by atoms with Crippen LogP contribution >= 0.6 is 11.3 Å². The van der Waals surface area contributed by atoms with E-state index in [0.29, 0.717) is 28.7 Å². The molecule has 0 bridgehead atoms. The number of rotatable bonds is 6. The number of nitrogens with zero attached hydrogens (tertiary/aromatic N) is 1. The summed E-state index contributed by atoms with van der Waals surface area (Å²) >= 11 is 1.58. The first-order chi connectivity index (χ1) is 15.7. The molecule has 2 amide bonds. The van der Waals surface area contributed by atoms with E-state index in [-0.39, 0.29) is 17.2 Å². The lowest BCUT2D eigenvalue weighted by Gasteiger charge is -2.33. The second kappa shape index (κ2) is 9.85. The Hall–Kier alpha value is -2.38. The average Bonchev–Trinajstić information content (AvgIpc) is 3.40. The Balaban J connectivity index is 1.59. The van der Waals surface area contributed by atoms with Gasteiger partial charge in [0.2, 0.25) is 5.91 Å². The molecule has 1 aliphatic carbocycles. The summed E-state index contributed by atoms with van der Waals surface area (Å²) in [6, 6.07) is 7.31. The van der Waals surface area contributed by atoms with Gasteiger partial charge in [0, 0.05) is 10.6 Å². The smallest absolute Gasteiger partial charge is 0.258 e. The molecule has 178 valence electrons. The van der Waals surface area contributed by atoms with E-state index in [2.05, 4.69) is 36.3 Å². The second-order valence-corrected chi connectivity index (χ2v) is 11.3. The molecule has 2 aromatic rings. The van der Waals surface area contributed by atoms with Crippen molar-refractivity contribution in [1.29, 1.82) is 0 Å². The number of fused-ring (bicyclic) bond motifs is 1. The molecule has 0 radical (unpaired) electrons. The van der Waals surface area contributed by atoms with Gasteiger partial charge in [0.15, 0.2) is 0 Å². The van der Waals surface area contributed by atoms with E-state index in [4.69, 9.17) is 4.74 Å². The molecule has 1 aromatic carbocycles. The minimum Gasteiger partial charge on any atom is -0.497 e. The van der Waals surface area contributed by atoms with Crippen LogP contribution in [0.5, 0.6) is 5.75 Å². The monoisotopic (exact) mass is 469 g/mol. The third-order valence-corrected chi connectivity index (χ3v) is 8.05. The zero-order valence-corrected chi connectivity index (χ0v) is 20.9. The molecule has 1 aromatic heterocycles. The van der Waals surface area contributed by atoms with Crippen LogP contribution < -0.4 is 15.4 Å². The molecular formula is C26H35N3O3S. The number of hydrogen-bond donors (Lipinski definition) is 2. The molecule has 1 atom stereocenters. The zero-order valence-electron chi connectivity index (χ0n) is 20.1. The second-order valence-electron chi connectivity index (χ2n) is 10.2. The first-order valence-corrected chi connectivity index (χ1v) is 12.7. The Morgan fingerprint density at radius 2 is 1.82 bits per heavy atom. The van der Waals surface area contributed by atoms with Gasteiger partial charge in [-0.05, 0) is 86.4 Å². The molecule has 0 spiro atoms. The Bertz CT molecular complexity index is 1000. The van der Waals surface area contributed by atoms with Crippen molar-refractivity contribution in [2.24, 2.45) is 11.3 Å². The van der Waals surface area contributed by atoms with Gasteiger partial charge in [-0.1, -0.05) is 20.8 Å². The number of methoxy groups -OCH3 is 1. The summed E-state index contributed by atoms with van der Waals surface area (Å²) in [7, 11) is 1.62. The number of benzene rings is 1. The first-order valence-electron chi connectivity index (χ1n) is 11.9. The van der Waals surface area contributed by atoms with Gasteiger partial charge < -0.3 is 15.4 Å². The number of hydrogen-bond acceptors (Lipinski definition) is 5. The normalized spacial score (nSPS) is 18.6. The number of anilines is 2. The quantitative estimate of drug-likeness (QED) is 0.610. The van der Waals surface area contributed by atoms with Gasteiger partial charge in [-0.3, -0.25) is 14.5 Å². The van der Waals surface area contributed by atoms with Gasteiger partial charge >= 0.3 is 0 Å². The molecule has 1 fully saturated rings. The summed E-state index contributed by atoms with van der Waals surface area (Å²) in [5.41, 5.74) is 2.65. The topological polar surface area (TPSA) is 70.7 Å².